The van der Waals surface area contributed by atoms with E-state index in [2.05, 4.69) is 15.9 Å². The molecule has 1 aromatic heterocycles. The van der Waals surface area contributed by atoms with Crippen molar-refractivity contribution in [2.45, 2.75) is 12.3 Å². The van der Waals surface area contributed by atoms with Crippen LogP contribution in [0.5, 0.6) is 0 Å². The molecule has 0 spiro atoms. The van der Waals surface area contributed by atoms with Crippen LogP contribution >= 0.6 is 15.9 Å². The fourth-order valence-corrected chi connectivity index (χ4v) is 3.18. The summed E-state index contributed by atoms with van der Waals surface area (Å²) in [5.74, 6) is -2.04. The normalized spacial score (nSPS) is 12.2. The molecule has 1 atom stereocenters. The van der Waals surface area contributed by atoms with E-state index < -0.39 is 11.9 Å². The molecule has 4 nitrogen and oxygen atoms in total. The number of carbonyl (C=O) groups is 2. The summed E-state index contributed by atoms with van der Waals surface area (Å²) < 4.78 is 2.77. The number of nitrogens with zero attached hydrogens (tertiary/aromatic N) is 1. The largest absolute Gasteiger partial charge is 0.481 e. The summed E-state index contributed by atoms with van der Waals surface area (Å²) in [6.07, 6.45) is 1.74. The zero-order valence-corrected chi connectivity index (χ0v) is 14.7. The molecule has 0 aliphatic heterocycles. The third-order valence-corrected chi connectivity index (χ3v) is 4.69. The van der Waals surface area contributed by atoms with Crippen molar-refractivity contribution in [2.75, 3.05) is 0 Å². The van der Waals surface area contributed by atoms with Crippen LogP contribution in [0.3, 0.4) is 0 Å². The van der Waals surface area contributed by atoms with Crippen LogP contribution in [-0.4, -0.2) is 21.4 Å². The standard InChI is InChI=1S/C19H16BrNO3/c1-21-11-16(14-4-2-3-5-17(14)21)15(19(23)24)10-18(22)12-6-8-13(20)9-7-12/h2-9,11,15H,10H2,1H3,(H,23,24)/t15-/m0/s1. The van der Waals surface area contributed by atoms with Gasteiger partial charge in [0, 0.05) is 40.6 Å². The molecule has 0 radical (unpaired) electrons. The summed E-state index contributed by atoms with van der Waals surface area (Å²) in [6, 6.07) is 14.6. The van der Waals surface area contributed by atoms with Crippen molar-refractivity contribution in [3.05, 3.63) is 70.3 Å². The van der Waals surface area contributed by atoms with E-state index in [1.165, 1.54) is 0 Å². The fourth-order valence-electron chi connectivity index (χ4n) is 2.92. The summed E-state index contributed by atoms with van der Waals surface area (Å²) >= 11 is 3.33. The summed E-state index contributed by atoms with van der Waals surface area (Å²) in [5.41, 5.74) is 2.14. The topological polar surface area (TPSA) is 59.3 Å². The van der Waals surface area contributed by atoms with E-state index in [9.17, 15) is 14.7 Å². The number of ketones is 1. The lowest BCUT2D eigenvalue weighted by Crippen LogP contribution is -2.16. The van der Waals surface area contributed by atoms with Gasteiger partial charge in [0.1, 0.15) is 0 Å². The summed E-state index contributed by atoms with van der Waals surface area (Å²) in [7, 11) is 1.88. The number of benzene rings is 2. The minimum Gasteiger partial charge on any atom is -0.481 e. The SMILES string of the molecule is Cn1cc([C@H](CC(=O)c2ccc(Br)cc2)C(=O)O)c2ccccc21. The Kier molecular flexibility index (Phi) is 4.53. The van der Waals surface area contributed by atoms with Crippen LogP contribution in [-0.2, 0) is 11.8 Å². The number of carboxylic acid groups (broad SMARTS) is 1. The highest BCUT2D eigenvalue weighted by Gasteiger charge is 2.27. The summed E-state index contributed by atoms with van der Waals surface area (Å²) in [5, 5.41) is 10.5. The van der Waals surface area contributed by atoms with E-state index >= 15 is 0 Å². The highest BCUT2D eigenvalue weighted by atomic mass is 79.9. The van der Waals surface area contributed by atoms with Gasteiger partial charge in [-0.1, -0.05) is 46.3 Å². The van der Waals surface area contributed by atoms with Crippen LogP contribution in [0.25, 0.3) is 10.9 Å². The lowest BCUT2D eigenvalue weighted by molar-refractivity contribution is -0.138. The zero-order valence-electron chi connectivity index (χ0n) is 13.1. The molecule has 0 aliphatic carbocycles. The predicted octanol–water partition coefficient (Wildman–Crippen LogP) is 4.38. The van der Waals surface area contributed by atoms with Gasteiger partial charge >= 0.3 is 5.97 Å². The number of hydrogen-bond donors (Lipinski definition) is 1. The van der Waals surface area contributed by atoms with Crippen molar-refractivity contribution < 1.29 is 14.7 Å². The van der Waals surface area contributed by atoms with Crippen LogP contribution in [0.4, 0.5) is 0 Å². The van der Waals surface area contributed by atoms with Gasteiger partial charge in [0.05, 0.1) is 5.92 Å². The number of carboxylic acids is 1. The van der Waals surface area contributed by atoms with Crippen molar-refractivity contribution in [1.82, 2.24) is 4.57 Å². The average molecular weight is 386 g/mol. The van der Waals surface area contributed by atoms with E-state index in [4.69, 9.17) is 0 Å². The maximum absolute atomic E-state index is 12.5. The van der Waals surface area contributed by atoms with Crippen LogP contribution in [0, 0.1) is 0 Å². The first-order valence-electron chi connectivity index (χ1n) is 7.53. The van der Waals surface area contributed by atoms with E-state index in [1.807, 2.05) is 35.9 Å². The molecular weight excluding hydrogens is 370 g/mol. The lowest BCUT2D eigenvalue weighted by atomic mass is 9.91. The molecule has 24 heavy (non-hydrogen) atoms. The first-order chi connectivity index (χ1) is 11.5. The quantitative estimate of drug-likeness (QED) is 0.662. The Bertz CT molecular complexity index is 912. The average Bonchev–Trinajstić information content (AvgIpc) is 2.90. The van der Waals surface area contributed by atoms with Gasteiger partial charge in [0.2, 0.25) is 0 Å². The molecule has 1 N–H and O–H groups in total. The zero-order chi connectivity index (χ0) is 17.3. The molecule has 122 valence electrons. The van der Waals surface area contributed by atoms with Gasteiger partial charge in [0.15, 0.2) is 5.78 Å². The van der Waals surface area contributed by atoms with Gasteiger partial charge in [-0.05, 0) is 23.8 Å². The summed E-state index contributed by atoms with van der Waals surface area (Å²) in [4.78, 5) is 24.3. The minimum absolute atomic E-state index is 0.0645. The van der Waals surface area contributed by atoms with E-state index in [0.29, 0.717) is 11.1 Å². The Morgan fingerprint density at radius 2 is 1.79 bits per heavy atom. The number of aryl methyl sites for hydroxylation is 1. The van der Waals surface area contributed by atoms with Crippen LogP contribution < -0.4 is 0 Å². The van der Waals surface area contributed by atoms with E-state index in [-0.39, 0.29) is 12.2 Å². The third kappa shape index (κ3) is 3.12. The molecule has 5 heteroatoms. The van der Waals surface area contributed by atoms with Crippen molar-refractivity contribution >= 4 is 38.6 Å². The number of aromatic nitrogens is 1. The van der Waals surface area contributed by atoms with Crippen LogP contribution in [0.1, 0.15) is 28.3 Å². The molecule has 2 aromatic carbocycles. The molecule has 3 aromatic rings. The second kappa shape index (κ2) is 6.61. The van der Waals surface area contributed by atoms with Gasteiger partial charge in [-0.2, -0.15) is 0 Å². The van der Waals surface area contributed by atoms with E-state index in [0.717, 1.165) is 15.4 Å². The molecule has 1 heterocycles. The first-order valence-corrected chi connectivity index (χ1v) is 8.32. The Balaban J connectivity index is 1.96. The number of para-hydroxylation sites is 1. The maximum atomic E-state index is 12.5. The van der Waals surface area contributed by atoms with Gasteiger partial charge in [-0.15, -0.1) is 0 Å². The Morgan fingerprint density at radius 1 is 1.12 bits per heavy atom. The van der Waals surface area contributed by atoms with Crippen molar-refractivity contribution in [3.8, 4) is 0 Å². The van der Waals surface area contributed by atoms with Crippen LogP contribution in [0.2, 0.25) is 0 Å². The first kappa shape index (κ1) is 16.5. The molecule has 0 amide bonds. The second-order valence-corrected chi connectivity index (χ2v) is 6.65. The lowest BCUT2D eigenvalue weighted by Gasteiger charge is -2.11. The Hall–Kier alpha value is -2.40. The predicted molar refractivity (Wildman–Crippen MR) is 96.4 cm³/mol. The second-order valence-electron chi connectivity index (χ2n) is 5.74. The van der Waals surface area contributed by atoms with Gasteiger partial charge < -0.3 is 9.67 Å². The molecule has 0 bridgehead atoms. The number of hydrogen-bond acceptors (Lipinski definition) is 2. The van der Waals surface area contributed by atoms with Crippen molar-refractivity contribution in [1.29, 1.82) is 0 Å². The third-order valence-electron chi connectivity index (χ3n) is 4.16. The monoisotopic (exact) mass is 385 g/mol. The van der Waals surface area contributed by atoms with Crippen molar-refractivity contribution in [3.63, 3.8) is 0 Å². The van der Waals surface area contributed by atoms with Gasteiger partial charge in [-0.3, -0.25) is 9.59 Å². The molecule has 0 unspecified atom stereocenters. The Labute approximate surface area is 147 Å². The number of Topliss-reactive ketones (excluding diaryl/α,β-unsaturated/α-hetero) is 1. The smallest absolute Gasteiger partial charge is 0.311 e. The number of aliphatic carboxylic acids is 1. The number of rotatable bonds is 5. The molecule has 0 saturated carbocycles. The molecule has 3 rings (SSSR count). The number of fused-ring (bicyclic) bond motifs is 1. The number of carbonyl (C=O) groups excluding carboxylic acids is 1. The molecule has 0 saturated heterocycles. The molecular formula is C19H16BrNO3. The maximum Gasteiger partial charge on any atom is 0.311 e. The fraction of sp³-hybridized carbons (Fsp3) is 0.158. The molecule has 0 fully saturated rings. The molecule has 0 aliphatic rings. The summed E-state index contributed by atoms with van der Waals surface area (Å²) in [6.45, 7) is 0. The minimum atomic E-state index is -0.989. The highest BCUT2D eigenvalue weighted by Crippen LogP contribution is 2.30. The highest BCUT2D eigenvalue weighted by molar-refractivity contribution is 9.10. The van der Waals surface area contributed by atoms with Crippen molar-refractivity contribution in [2.24, 2.45) is 7.05 Å². The Morgan fingerprint density at radius 3 is 2.46 bits per heavy atom. The van der Waals surface area contributed by atoms with E-state index in [1.54, 1.807) is 30.5 Å². The van der Waals surface area contributed by atoms with Gasteiger partial charge in [0.25, 0.3) is 0 Å². The van der Waals surface area contributed by atoms with Crippen LogP contribution in [0.15, 0.2) is 59.2 Å². The number of halogens is 1. The van der Waals surface area contributed by atoms with Gasteiger partial charge in [-0.25, -0.2) is 0 Å².